The molecule has 0 aromatic rings. The molecule has 2 rings (SSSR count). The maximum Gasteiger partial charge on any atom is 0.237 e. The first-order valence-corrected chi connectivity index (χ1v) is 6.58. The number of amides is 1. The molecule has 0 aromatic heterocycles. The fourth-order valence-corrected chi connectivity index (χ4v) is 4.22. The van der Waals surface area contributed by atoms with Crippen LogP contribution in [0.2, 0.25) is 0 Å². The second-order valence-electron chi connectivity index (χ2n) is 4.24. The molecule has 1 aliphatic carbocycles. The molecule has 0 atom stereocenters. The lowest BCUT2D eigenvalue weighted by atomic mass is 9.93. The normalized spacial score (nSPS) is 24.1. The molecule has 15 heavy (non-hydrogen) atoms. The molecule has 0 N–H and O–H groups in total. The summed E-state index contributed by atoms with van der Waals surface area (Å²) in [5.41, 5.74) is 0. The number of rotatable bonds is 1. The Bertz CT molecular complexity index is 291. The monoisotopic (exact) mass is 224 g/mol. The minimum atomic E-state index is 0.0319. The van der Waals surface area contributed by atoms with E-state index in [-0.39, 0.29) is 17.2 Å². The smallest absolute Gasteiger partial charge is 0.237 e. The van der Waals surface area contributed by atoms with E-state index in [0.29, 0.717) is 0 Å². The van der Waals surface area contributed by atoms with Crippen LogP contribution in [0.15, 0.2) is 0 Å². The van der Waals surface area contributed by atoms with Crippen LogP contribution in [0.25, 0.3) is 0 Å². The Morgan fingerprint density at radius 2 is 2.13 bits per heavy atom. The van der Waals surface area contributed by atoms with Crippen molar-refractivity contribution in [1.29, 1.82) is 5.26 Å². The third-order valence-corrected chi connectivity index (χ3v) is 4.90. The van der Waals surface area contributed by atoms with Gasteiger partial charge in [0.05, 0.1) is 10.9 Å². The van der Waals surface area contributed by atoms with E-state index >= 15 is 0 Å². The van der Waals surface area contributed by atoms with Gasteiger partial charge < -0.3 is 4.90 Å². The fraction of sp³-hybridized carbons (Fsp3) is 0.818. The summed E-state index contributed by atoms with van der Waals surface area (Å²) in [5, 5.41) is 8.58. The Morgan fingerprint density at radius 3 is 2.80 bits per heavy atom. The predicted octanol–water partition coefficient (Wildman–Crippen LogP) is 2.14. The number of carbonyl (C=O) groups excluding carboxylic acids is 1. The topological polar surface area (TPSA) is 44.1 Å². The number of hydrogen-bond acceptors (Lipinski definition) is 3. The molecule has 4 heteroatoms. The maximum atomic E-state index is 11.8. The van der Waals surface area contributed by atoms with E-state index in [9.17, 15) is 4.79 Å². The highest BCUT2D eigenvalue weighted by molar-refractivity contribution is 8.00. The SMILES string of the molecule is N#CCC(=O)N1CCSC12CCCCC2. The van der Waals surface area contributed by atoms with Crippen LogP contribution < -0.4 is 0 Å². The summed E-state index contributed by atoms with van der Waals surface area (Å²) in [5.74, 6) is 1.07. The lowest BCUT2D eigenvalue weighted by Crippen LogP contribution is -2.46. The van der Waals surface area contributed by atoms with Crippen LogP contribution in [0.1, 0.15) is 38.5 Å². The van der Waals surface area contributed by atoms with Crippen LogP contribution in [0.5, 0.6) is 0 Å². The summed E-state index contributed by atoms with van der Waals surface area (Å²) in [6.07, 6.45) is 6.03. The Balaban J connectivity index is 2.10. The number of carbonyl (C=O) groups is 1. The van der Waals surface area contributed by atoms with Crippen molar-refractivity contribution in [3.63, 3.8) is 0 Å². The molecule has 1 aliphatic heterocycles. The molecule has 82 valence electrons. The van der Waals surface area contributed by atoms with Crippen molar-refractivity contribution in [3.05, 3.63) is 0 Å². The Hall–Kier alpha value is -0.690. The van der Waals surface area contributed by atoms with Crippen LogP contribution >= 0.6 is 11.8 Å². The highest BCUT2D eigenvalue weighted by atomic mass is 32.2. The van der Waals surface area contributed by atoms with Gasteiger partial charge in [0.1, 0.15) is 6.42 Å². The van der Waals surface area contributed by atoms with Crippen molar-refractivity contribution >= 4 is 17.7 Å². The van der Waals surface area contributed by atoms with Crippen LogP contribution in [0, 0.1) is 11.3 Å². The van der Waals surface area contributed by atoms with Gasteiger partial charge in [-0.05, 0) is 12.8 Å². The van der Waals surface area contributed by atoms with Crippen molar-refractivity contribution in [2.45, 2.75) is 43.4 Å². The lowest BCUT2D eigenvalue weighted by molar-refractivity contribution is -0.133. The number of hydrogen-bond donors (Lipinski definition) is 0. The molecule has 0 bridgehead atoms. The molecule has 1 saturated heterocycles. The van der Waals surface area contributed by atoms with Crippen LogP contribution in [0.4, 0.5) is 0 Å². The van der Waals surface area contributed by atoms with Gasteiger partial charge in [0, 0.05) is 12.3 Å². The van der Waals surface area contributed by atoms with Crippen LogP contribution in [0.3, 0.4) is 0 Å². The Morgan fingerprint density at radius 1 is 1.40 bits per heavy atom. The van der Waals surface area contributed by atoms with Gasteiger partial charge in [-0.15, -0.1) is 11.8 Å². The highest BCUT2D eigenvalue weighted by Gasteiger charge is 2.44. The molecule has 2 fully saturated rings. The summed E-state index contributed by atoms with van der Waals surface area (Å²) < 4.78 is 0. The Kier molecular flexibility index (Phi) is 3.20. The van der Waals surface area contributed by atoms with Gasteiger partial charge in [0.25, 0.3) is 0 Å². The average molecular weight is 224 g/mol. The van der Waals surface area contributed by atoms with Crippen molar-refractivity contribution in [2.75, 3.05) is 12.3 Å². The third-order valence-electron chi connectivity index (χ3n) is 3.34. The first-order chi connectivity index (χ1) is 7.28. The van der Waals surface area contributed by atoms with E-state index in [0.717, 1.165) is 25.1 Å². The van der Waals surface area contributed by atoms with E-state index in [1.165, 1.54) is 19.3 Å². The zero-order valence-electron chi connectivity index (χ0n) is 8.87. The van der Waals surface area contributed by atoms with Crippen LogP contribution in [-0.4, -0.2) is 28.0 Å². The molecule has 1 heterocycles. The van der Waals surface area contributed by atoms with Gasteiger partial charge >= 0.3 is 0 Å². The van der Waals surface area contributed by atoms with Gasteiger partial charge in [-0.3, -0.25) is 4.79 Å². The summed E-state index contributed by atoms with van der Waals surface area (Å²) in [6.45, 7) is 0.838. The molecule has 0 aromatic carbocycles. The standard InChI is InChI=1S/C11H16N2OS/c12-7-4-10(14)13-8-9-15-11(13)5-2-1-3-6-11/h1-6,8-9H2. The Labute approximate surface area is 94.8 Å². The number of nitriles is 1. The van der Waals surface area contributed by atoms with E-state index < -0.39 is 0 Å². The fourth-order valence-electron chi connectivity index (χ4n) is 2.64. The van der Waals surface area contributed by atoms with Crippen molar-refractivity contribution in [2.24, 2.45) is 0 Å². The molecular weight excluding hydrogens is 208 g/mol. The van der Waals surface area contributed by atoms with Gasteiger partial charge in [0.2, 0.25) is 5.91 Å². The molecule has 1 amide bonds. The average Bonchev–Trinajstić information content (AvgIpc) is 2.63. The first-order valence-electron chi connectivity index (χ1n) is 5.60. The molecular formula is C11H16N2OS. The van der Waals surface area contributed by atoms with Gasteiger partial charge in [-0.25, -0.2) is 0 Å². The van der Waals surface area contributed by atoms with Gasteiger partial charge in [-0.1, -0.05) is 19.3 Å². The third kappa shape index (κ3) is 1.98. The molecule has 1 saturated carbocycles. The van der Waals surface area contributed by atoms with Gasteiger partial charge in [-0.2, -0.15) is 5.26 Å². The maximum absolute atomic E-state index is 11.8. The molecule has 3 nitrogen and oxygen atoms in total. The molecule has 0 radical (unpaired) electrons. The summed E-state index contributed by atoms with van der Waals surface area (Å²) in [6, 6.07) is 1.97. The minimum absolute atomic E-state index is 0.0319. The second-order valence-corrected chi connectivity index (χ2v) is 5.69. The lowest BCUT2D eigenvalue weighted by Gasteiger charge is -2.40. The first kappa shape index (κ1) is 10.8. The molecule has 1 spiro atoms. The highest BCUT2D eigenvalue weighted by Crippen LogP contribution is 2.46. The number of nitrogens with zero attached hydrogens (tertiary/aromatic N) is 2. The van der Waals surface area contributed by atoms with Crippen molar-refractivity contribution in [3.8, 4) is 6.07 Å². The van der Waals surface area contributed by atoms with Crippen molar-refractivity contribution < 1.29 is 4.79 Å². The number of thioether (sulfide) groups is 1. The van der Waals surface area contributed by atoms with E-state index in [4.69, 9.17) is 5.26 Å². The van der Waals surface area contributed by atoms with E-state index in [1.54, 1.807) is 0 Å². The van der Waals surface area contributed by atoms with Gasteiger partial charge in [0.15, 0.2) is 0 Å². The molecule has 0 unspecified atom stereocenters. The zero-order valence-corrected chi connectivity index (χ0v) is 9.68. The quantitative estimate of drug-likeness (QED) is 0.685. The largest absolute Gasteiger partial charge is 0.326 e. The molecule has 2 aliphatic rings. The summed E-state index contributed by atoms with van der Waals surface area (Å²) in [4.78, 5) is 13.8. The second kappa shape index (κ2) is 4.44. The van der Waals surface area contributed by atoms with E-state index in [1.807, 2.05) is 22.7 Å². The minimum Gasteiger partial charge on any atom is -0.326 e. The predicted molar refractivity (Wildman–Crippen MR) is 60.2 cm³/mol. The summed E-state index contributed by atoms with van der Waals surface area (Å²) in [7, 11) is 0. The zero-order chi connectivity index (χ0) is 10.7. The van der Waals surface area contributed by atoms with E-state index in [2.05, 4.69) is 0 Å². The van der Waals surface area contributed by atoms with Crippen LogP contribution in [-0.2, 0) is 4.79 Å². The summed E-state index contributed by atoms with van der Waals surface area (Å²) >= 11 is 1.92. The van der Waals surface area contributed by atoms with Crippen molar-refractivity contribution in [1.82, 2.24) is 4.90 Å².